The third-order valence-corrected chi connectivity index (χ3v) is 7.64. The van der Waals surface area contributed by atoms with E-state index >= 15 is 0 Å². The maximum Gasteiger partial charge on any atom is 0.294 e. The van der Waals surface area contributed by atoms with Crippen LogP contribution < -0.4 is 15.0 Å². The fourth-order valence-corrected chi connectivity index (χ4v) is 5.40. The number of hydrogen-bond donors (Lipinski definition) is 1. The van der Waals surface area contributed by atoms with E-state index in [9.17, 15) is 29.3 Å². The summed E-state index contributed by atoms with van der Waals surface area (Å²) in [7, 11) is 0. The lowest BCUT2D eigenvalue weighted by Crippen LogP contribution is -2.40. The molecule has 0 radical (unpaired) electrons. The quantitative estimate of drug-likeness (QED) is 0.236. The van der Waals surface area contributed by atoms with Crippen LogP contribution in [0.15, 0.2) is 47.4 Å². The number of hydrogen-bond acceptors (Lipinski definition) is 9. The van der Waals surface area contributed by atoms with Crippen molar-refractivity contribution in [3.63, 3.8) is 0 Å². The molecular weight excluding hydrogens is 550 g/mol. The Bertz CT molecular complexity index is 1390. The number of nitro groups is 1. The Hall–Kier alpha value is -4.39. The number of carbonyl (C=O) groups is 4. The predicted octanol–water partition coefficient (Wildman–Crippen LogP) is 4.12. The number of rotatable bonds is 11. The molecule has 2 fully saturated rings. The van der Waals surface area contributed by atoms with Gasteiger partial charge in [0, 0.05) is 61.3 Å². The van der Waals surface area contributed by atoms with Gasteiger partial charge in [0.15, 0.2) is 6.61 Å². The second-order valence-corrected chi connectivity index (χ2v) is 10.4. The fraction of sp³-hybridized carbons (Fsp3) is 0.357. The Morgan fingerprint density at radius 1 is 1.12 bits per heavy atom. The largest absolute Gasteiger partial charge is 0.483 e. The van der Waals surface area contributed by atoms with Crippen molar-refractivity contribution < 1.29 is 28.8 Å². The summed E-state index contributed by atoms with van der Waals surface area (Å²) < 4.78 is 5.86. The first kappa shape index (κ1) is 29.6. The van der Waals surface area contributed by atoms with Crippen molar-refractivity contribution in [3.05, 3.63) is 63.0 Å². The van der Waals surface area contributed by atoms with E-state index in [0.717, 1.165) is 48.3 Å². The van der Waals surface area contributed by atoms with E-state index in [-0.39, 0.29) is 28.7 Å². The summed E-state index contributed by atoms with van der Waals surface area (Å²) in [5.74, 6) is -1.04. The number of nitro benzene ring substituents is 1. The lowest BCUT2D eigenvalue weighted by molar-refractivity contribution is -0.384. The van der Waals surface area contributed by atoms with Crippen LogP contribution in [-0.2, 0) is 14.4 Å². The molecule has 2 aromatic carbocycles. The summed E-state index contributed by atoms with van der Waals surface area (Å²) in [5.41, 5.74) is 1.40. The molecule has 2 saturated heterocycles. The fourth-order valence-electron chi connectivity index (χ4n) is 4.57. The van der Waals surface area contributed by atoms with Gasteiger partial charge in [-0.05, 0) is 62.7 Å². The molecule has 4 rings (SSSR count). The number of thioether (sulfide) groups is 1. The smallest absolute Gasteiger partial charge is 0.294 e. The molecule has 0 unspecified atom stereocenters. The van der Waals surface area contributed by atoms with Gasteiger partial charge in [0.1, 0.15) is 12.3 Å². The van der Waals surface area contributed by atoms with Crippen molar-refractivity contribution in [2.45, 2.75) is 26.7 Å². The molecule has 0 aromatic heterocycles. The molecule has 2 heterocycles. The number of ether oxygens (including phenoxy) is 1. The number of imide groups is 1. The molecule has 41 heavy (non-hydrogen) atoms. The second-order valence-electron chi connectivity index (χ2n) is 9.39. The molecule has 2 aliphatic rings. The molecule has 4 amide bonds. The van der Waals surface area contributed by atoms with E-state index in [4.69, 9.17) is 4.74 Å². The summed E-state index contributed by atoms with van der Waals surface area (Å²) >= 11 is 0.747. The van der Waals surface area contributed by atoms with Crippen molar-refractivity contribution in [3.8, 4) is 5.75 Å². The Kier molecular flexibility index (Phi) is 9.61. The van der Waals surface area contributed by atoms with Crippen LogP contribution >= 0.6 is 11.8 Å². The number of nitrogens with one attached hydrogen (secondary N) is 1. The first-order valence-electron chi connectivity index (χ1n) is 13.3. The van der Waals surface area contributed by atoms with Crippen molar-refractivity contribution in [2.75, 3.05) is 49.5 Å². The monoisotopic (exact) mass is 581 g/mol. The average molecular weight is 582 g/mol. The van der Waals surface area contributed by atoms with Crippen molar-refractivity contribution >= 4 is 57.9 Å². The van der Waals surface area contributed by atoms with Crippen LogP contribution in [0.5, 0.6) is 5.75 Å². The number of nitrogens with zero attached hydrogens (tertiary/aromatic N) is 4. The van der Waals surface area contributed by atoms with E-state index in [0.29, 0.717) is 24.4 Å². The molecule has 0 aliphatic carbocycles. The number of carbonyl (C=O) groups excluding carboxylic acids is 4. The molecule has 0 bridgehead atoms. The van der Waals surface area contributed by atoms with Crippen LogP contribution in [0.3, 0.4) is 0 Å². The van der Waals surface area contributed by atoms with Gasteiger partial charge >= 0.3 is 0 Å². The zero-order valence-corrected chi connectivity index (χ0v) is 23.6. The lowest BCUT2D eigenvalue weighted by atomic mass is 10.1. The molecule has 2 aromatic rings. The standard InChI is InChI=1S/C28H31N5O7S/c1-3-30(4-2)21-11-10-19(14-24-27(36)32(28(37)41-24)17-26(35)31-12-5-6-13-31)23(16-21)40-18-25(34)29-20-8-7-9-22(15-20)33(38)39/h7-11,14-16H,3-6,12-13,17-18H2,1-2H3,(H,29,34)/b24-14-. The molecular formula is C28H31N5O7S. The van der Waals surface area contributed by atoms with Gasteiger partial charge in [-0.15, -0.1) is 0 Å². The number of likely N-dealkylation sites (tertiary alicyclic amines) is 1. The van der Waals surface area contributed by atoms with Crippen molar-refractivity contribution in [2.24, 2.45) is 0 Å². The summed E-state index contributed by atoms with van der Waals surface area (Å²) in [6.07, 6.45) is 3.33. The maximum atomic E-state index is 13.1. The third kappa shape index (κ3) is 7.23. The van der Waals surface area contributed by atoms with Crippen molar-refractivity contribution in [1.82, 2.24) is 9.80 Å². The first-order chi connectivity index (χ1) is 19.7. The molecule has 2 aliphatic heterocycles. The highest BCUT2D eigenvalue weighted by Gasteiger charge is 2.37. The van der Waals surface area contributed by atoms with Crippen LogP contribution in [0.4, 0.5) is 21.9 Å². The number of anilines is 2. The number of amides is 4. The number of non-ortho nitro benzene ring substituents is 1. The Balaban J connectivity index is 1.52. The van der Waals surface area contributed by atoms with Crippen LogP contribution in [0.1, 0.15) is 32.3 Å². The highest BCUT2D eigenvalue weighted by Crippen LogP contribution is 2.35. The summed E-state index contributed by atoms with van der Waals surface area (Å²) in [4.78, 5) is 66.2. The maximum absolute atomic E-state index is 13.1. The van der Waals surface area contributed by atoms with Gasteiger partial charge in [-0.3, -0.25) is 34.2 Å². The average Bonchev–Trinajstić information content (AvgIpc) is 3.59. The Morgan fingerprint density at radius 3 is 2.54 bits per heavy atom. The Labute approximate surface area is 241 Å². The normalized spacial score (nSPS) is 15.9. The van der Waals surface area contributed by atoms with Gasteiger partial charge < -0.3 is 19.9 Å². The minimum atomic E-state index is -0.560. The molecule has 1 N–H and O–H groups in total. The second kappa shape index (κ2) is 13.3. The summed E-state index contributed by atoms with van der Waals surface area (Å²) in [5, 5.41) is 13.1. The van der Waals surface area contributed by atoms with Gasteiger partial charge in [-0.25, -0.2) is 0 Å². The SMILES string of the molecule is CCN(CC)c1ccc(/C=C2\SC(=O)N(CC(=O)N3CCCC3)C2=O)c(OCC(=O)Nc2cccc([N+](=O)[O-])c2)c1. The third-order valence-electron chi connectivity index (χ3n) is 6.74. The molecule has 0 spiro atoms. The minimum absolute atomic E-state index is 0.144. The van der Waals surface area contributed by atoms with Gasteiger partial charge in [0.05, 0.1) is 9.83 Å². The van der Waals surface area contributed by atoms with Gasteiger partial charge in [-0.1, -0.05) is 6.07 Å². The molecule has 216 valence electrons. The van der Waals surface area contributed by atoms with Crippen LogP contribution in [0.2, 0.25) is 0 Å². The molecule has 0 atom stereocenters. The zero-order valence-electron chi connectivity index (χ0n) is 22.8. The van der Waals surface area contributed by atoms with Crippen LogP contribution in [-0.4, -0.2) is 77.0 Å². The molecule has 0 saturated carbocycles. The van der Waals surface area contributed by atoms with Crippen LogP contribution in [0.25, 0.3) is 6.08 Å². The number of benzene rings is 2. The first-order valence-corrected chi connectivity index (χ1v) is 14.1. The van der Waals surface area contributed by atoms with Crippen LogP contribution in [0, 0.1) is 10.1 Å². The summed E-state index contributed by atoms with van der Waals surface area (Å²) in [6.45, 7) is 6.01. The topological polar surface area (TPSA) is 142 Å². The van der Waals surface area contributed by atoms with E-state index in [1.54, 1.807) is 17.0 Å². The predicted molar refractivity (Wildman–Crippen MR) is 156 cm³/mol. The minimum Gasteiger partial charge on any atom is -0.483 e. The van der Waals surface area contributed by atoms with Crippen molar-refractivity contribution in [1.29, 1.82) is 0 Å². The molecule has 13 heteroatoms. The zero-order chi connectivity index (χ0) is 29.5. The summed E-state index contributed by atoms with van der Waals surface area (Å²) in [6, 6.07) is 10.9. The van der Waals surface area contributed by atoms with Gasteiger partial charge in [0.25, 0.3) is 22.7 Å². The lowest BCUT2D eigenvalue weighted by Gasteiger charge is -2.22. The van der Waals surface area contributed by atoms with E-state index in [2.05, 4.69) is 10.2 Å². The molecule has 12 nitrogen and oxygen atoms in total. The highest BCUT2D eigenvalue weighted by atomic mass is 32.2. The van der Waals surface area contributed by atoms with E-state index < -0.39 is 28.6 Å². The van der Waals surface area contributed by atoms with Gasteiger partial charge in [0.2, 0.25) is 5.91 Å². The van der Waals surface area contributed by atoms with E-state index in [1.807, 2.05) is 19.9 Å². The van der Waals surface area contributed by atoms with E-state index in [1.165, 1.54) is 30.3 Å². The Morgan fingerprint density at radius 2 is 1.85 bits per heavy atom. The highest BCUT2D eigenvalue weighted by molar-refractivity contribution is 8.18. The van der Waals surface area contributed by atoms with Gasteiger partial charge in [-0.2, -0.15) is 0 Å².